The first-order chi connectivity index (χ1) is 22.6. The molecule has 0 unspecified atom stereocenters. The summed E-state index contributed by atoms with van der Waals surface area (Å²) in [6.45, 7) is -4.16. The molecule has 0 aromatic heterocycles. The molecule has 0 aliphatic heterocycles. The van der Waals surface area contributed by atoms with E-state index in [0.29, 0.717) is 0 Å². The Hall–Kier alpha value is -4.86. The van der Waals surface area contributed by atoms with Crippen LogP contribution in [0.5, 0.6) is 0 Å². The second kappa shape index (κ2) is 12.9. The zero-order valence-corrected chi connectivity index (χ0v) is 27.6. The van der Waals surface area contributed by atoms with Gasteiger partial charge in [-0.05, 0) is 86.1 Å². The second-order valence-corrected chi connectivity index (χ2v) is 18.0. The quantitative estimate of drug-likeness (QED) is 0.149. The van der Waals surface area contributed by atoms with Crippen LogP contribution in [-0.4, -0.2) is 12.6 Å². The minimum atomic E-state index is -2.08. The van der Waals surface area contributed by atoms with E-state index in [4.69, 9.17) is 12.6 Å². The number of rotatable bonds is 8. The van der Waals surface area contributed by atoms with E-state index in [0.717, 1.165) is 0 Å². The second-order valence-electron chi connectivity index (χ2n) is 11.6. The standard InChI is InChI=1S/C44H36P2/c1-45(39-22-7-3-8-23-39,40-24-9-4-10-25-40)43-30-16-20-37(33-43)35-18-15-19-36(32-35)38-21-17-31-44(34-38)46(2,41-26-11-5-12-27-41)42-28-13-6-14-29-42/h3-34H,1-2H2. The number of hydrogen-bond acceptors (Lipinski definition) is 0. The SMILES string of the molecule is C=P(c1ccccc1)(c1ccccc1)c1cccc(-c2cccc(-c3cccc(P(=C)(c4ccccc4)c4ccccc4)c3)c2)c1. The fourth-order valence-electron chi connectivity index (χ4n) is 6.35. The summed E-state index contributed by atoms with van der Waals surface area (Å²) >= 11 is 0. The maximum Gasteiger partial charge on any atom is -0.0159 e. The van der Waals surface area contributed by atoms with Gasteiger partial charge in [-0.25, -0.2) is 0 Å². The van der Waals surface area contributed by atoms with Crippen LogP contribution in [0.15, 0.2) is 194 Å². The molecule has 7 aromatic carbocycles. The van der Waals surface area contributed by atoms with Crippen LogP contribution in [0.25, 0.3) is 22.3 Å². The van der Waals surface area contributed by atoms with Crippen molar-refractivity contribution >= 4 is 58.2 Å². The number of benzene rings is 7. The Bertz CT molecular complexity index is 1940. The molecule has 0 radical (unpaired) electrons. The molecule has 0 saturated carbocycles. The van der Waals surface area contributed by atoms with Crippen molar-refractivity contribution in [1.82, 2.24) is 0 Å². The Morgan fingerprint density at radius 1 is 0.239 bits per heavy atom. The summed E-state index contributed by atoms with van der Waals surface area (Å²) in [6, 6.07) is 70.1. The van der Waals surface area contributed by atoms with Crippen molar-refractivity contribution in [3.05, 3.63) is 194 Å². The highest BCUT2D eigenvalue weighted by Crippen LogP contribution is 2.44. The third kappa shape index (κ3) is 5.57. The first-order valence-electron chi connectivity index (χ1n) is 15.6. The summed E-state index contributed by atoms with van der Waals surface area (Å²) in [7, 11) is 0. The Balaban J connectivity index is 1.31. The van der Waals surface area contributed by atoms with E-state index in [1.807, 2.05) is 0 Å². The molecule has 0 fully saturated rings. The maximum atomic E-state index is 4.97. The summed E-state index contributed by atoms with van der Waals surface area (Å²) in [6.07, 6.45) is 9.94. The van der Waals surface area contributed by atoms with Gasteiger partial charge in [-0.3, -0.25) is 0 Å². The van der Waals surface area contributed by atoms with Crippen LogP contribution >= 0.6 is 13.8 Å². The largest absolute Gasteiger partial charge is 0.0887 e. The Kier molecular flexibility index (Phi) is 8.34. The lowest BCUT2D eigenvalue weighted by molar-refractivity contribution is 1.60. The van der Waals surface area contributed by atoms with Gasteiger partial charge in [-0.15, -0.1) is 0 Å². The molecule has 7 aromatic rings. The van der Waals surface area contributed by atoms with Gasteiger partial charge in [-0.2, -0.15) is 0 Å². The molecule has 0 heterocycles. The normalized spacial score (nSPS) is 11.7. The van der Waals surface area contributed by atoms with E-state index in [2.05, 4.69) is 194 Å². The smallest absolute Gasteiger partial charge is 0.0159 e. The maximum absolute atomic E-state index is 4.97. The molecule has 0 bridgehead atoms. The molecule has 0 atom stereocenters. The molecule has 0 nitrogen and oxygen atoms in total. The molecular formula is C44H36P2. The van der Waals surface area contributed by atoms with Crippen LogP contribution in [0.2, 0.25) is 0 Å². The van der Waals surface area contributed by atoms with E-state index >= 15 is 0 Å². The lowest BCUT2D eigenvalue weighted by Gasteiger charge is -2.27. The molecule has 7 rings (SSSR count). The summed E-state index contributed by atoms with van der Waals surface area (Å²) in [5.74, 6) is 0. The van der Waals surface area contributed by atoms with Crippen molar-refractivity contribution in [2.75, 3.05) is 0 Å². The zero-order chi connectivity index (χ0) is 31.4. The first-order valence-corrected chi connectivity index (χ1v) is 19.5. The molecule has 0 amide bonds. The highest BCUT2D eigenvalue weighted by molar-refractivity contribution is 7.93. The van der Waals surface area contributed by atoms with Crippen molar-refractivity contribution in [2.24, 2.45) is 0 Å². The third-order valence-corrected chi connectivity index (χ3v) is 15.9. The van der Waals surface area contributed by atoms with Gasteiger partial charge in [0.2, 0.25) is 0 Å². The minimum absolute atomic E-state index is 1.19. The van der Waals surface area contributed by atoms with E-state index in [1.54, 1.807) is 0 Å². The zero-order valence-electron chi connectivity index (χ0n) is 25.8. The monoisotopic (exact) mass is 626 g/mol. The Morgan fingerprint density at radius 3 is 0.783 bits per heavy atom. The van der Waals surface area contributed by atoms with E-state index in [-0.39, 0.29) is 0 Å². The lowest BCUT2D eigenvalue weighted by atomic mass is 9.99. The summed E-state index contributed by atoms with van der Waals surface area (Å²) in [4.78, 5) is 0. The van der Waals surface area contributed by atoms with Crippen LogP contribution in [-0.2, 0) is 0 Å². The topological polar surface area (TPSA) is 0 Å². The van der Waals surface area contributed by atoms with Crippen molar-refractivity contribution < 1.29 is 0 Å². The van der Waals surface area contributed by atoms with Gasteiger partial charge in [0.15, 0.2) is 0 Å². The summed E-state index contributed by atoms with van der Waals surface area (Å²) < 4.78 is 0. The van der Waals surface area contributed by atoms with Crippen molar-refractivity contribution in [3.63, 3.8) is 0 Å². The van der Waals surface area contributed by atoms with Gasteiger partial charge in [-0.1, -0.05) is 189 Å². The molecular weight excluding hydrogens is 590 g/mol. The van der Waals surface area contributed by atoms with Crippen molar-refractivity contribution in [2.45, 2.75) is 0 Å². The molecule has 222 valence electrons. The number of hydrogen-bond donors (Lipinski definition) is 0. The highest BCUT2D eigenvalue weighted by atomic mass is 31.2. The predicted molar refractivity (Wildman–Crippen MR) is 209 cm³/mol. The lowest BCUT2D eigenvalue weighted by Crippen LogP contribution is -2.25. The summed E-state index contributed by atoms with van der Waals surface area (Å²) in [5, 5.41) is 7.65. The Morgan fingerprint density at radius 2 is 0.478 bits per heavy atom. The Labute approximate surface area is 273 Å². The predicted octanol–water partition coefficient (Wildman–Crippen LogP) is 8.47. The van der Waals surface area contributed by atoms with Crippen LogP contribution in [0.4, 0.5) is 0 Å². The summed E-state index contributed by atoms with van der Waals surface area (Å²) in [5.41, 5.74) is 4.78. The average molecular weight is 627 g/mol. The fourth-order valence-corrected chi connectivity index (χ4v) is 12.3. The molecule has 0 aliphatic carbocycles. The van der Waals surface area contributed by atoms with Crippen LogP contribution in [0.3, 0.4) is 0 Å². The van der Waals surface area contributed by atoms with Gasteiger partial charge in [0.05, 0.1) is 0 Å². The van der Waals surface area contributed by atoms with Gasteiger partial charge in [0.25, 0.3) is 0 Å². The average Bonchev–Trinajstić information content (AvgIpc) is 3.16. The van der Waals surface area contributed by atoms with Gasteiger partial charge >= 0.3 is 0 Å². The molecule has 0 aliphatic rings. The molecule has 0 saturated heterocycles. The molecule has 0 N–H and O–H groups in total. The molecule has 2 heteroatoms. The minimum Gasteiger partial charge on any atom is -0.0887 e. The van der Waals surface area contributed by atoms with E-state index in [1.165, 1.54) is 54.1 Å². The van der Waals surface area contributed by atoms with Crippen molar-refractivity contribution in [3.8, 4) is 22.3 Å². The van der Waals surface area contributed by atoms with E-state index in [9.17, 15) is 0 Å². The van der Waals surface area contributed by atoms with Crippen molar-refractivity contribution in [1.29, 1.82) is 0 Å². The van der Waals surface area contributed by atoms with Gasteiger partial charge in [0, 0.05) is 0 Å². The van der Waals surface area contributed by atoms with E-state index < -0.39 is 13.8 Å². The van der Waals surface area contributed by atoms with Crippen LogP contribution in [0, 0.1) is 0 Å². The molecule has 46 heavy (non-hydrogen) atoms. The fraction of sp³-hybridized carbons (Fsp3) is 0. The third-order valence-electron chi connectivity index (χ3n) is 8.89. The van der Waals surface area contributed by atoms with Gasteiger partial charge < -0.3 is 0 Å². The highest BCUT2D eigenvalue weighted by Gasteiger charge is 2.24. The first kappa shape index (κ1) is 29.8. The van der Waals surface area contributed by atoms with Crippen LogP contribution in [0.1, 0.15) is 0 Å². The van der Waals surface area contributed by atoms with Crippen LogP contribution < -0.4 is 31.8 Å². The van der Waals surface area contributed by atoms with Gasteiger partial charge in [0.1, 0.15) is 0 Å². The molecule has 0 spiro atoms.